The summed E-state index contributed by atoms with van der Waals surface area (Å²) in [7, 11) is 0. The van der Waals surface area contributed by atoms with Gasteiger partial charge in [-0.15, -0.1) is 0 Å². The molecule has 0 radical (unpaired) electrons. The van der Waals surface area contributed by atoms with E-state index in [1.54, 1.807) is 0 Å². The van der Waals surface area contributed by atoms with Crippen LogP contribution in [0.15, 0.2) is 36.4 Å². The highest BCUT2D eigenvalue weighted by Crippen LogP contribution is 2.28. The normalized spacial score (nSPS) is 18.4. The third-order valence-corrected chi connectivity index (χ3v) is 5.85. The van der Waals surface area contributed by atoms with E-state index < -0.39 is 0 Å². The molecule has 2 heteroatoms. The van der Waals surface area contributed by atoms with Crippen molar-refractivity contribution in [3.05, 3.63) is 42.0 Å². The standard InChI is InChI=1S/C27H44O2/c1-3-4-5-6-7-8-9-10-11-12-13-14-15-16-17-20-25-21-18-19-22-26(25)28-23-27(2)24-29-27/h6-7,18-19,21-22H,3-5,8-17,20,23-24H2,1-2H3/b7-6+. The fourth-order valence-electron chi connectivity index (χ4n) is 3.66. The van der Waals surface area contributed by atoms with Gasteiger partial charge in [0.05, 0.1) is 6.61 Å². The molecule has 29 heavy (non-hydrogen) atoms. The van der Waals surface area contributed by atoms with Gasteiger partial charge in [-0.1, -0.05) is 95.1 Å². The molecule has 0 N–H and O–H groups in total. The lowest BCUT2D eigenvalue weighted by Crippen LogP contribution is -2.17. The zero-order chi connectivity index (χ0) is 20.6. The molecule has 1 aromatic rings. The molecule has 1 heterocycles. The van der Waals surface area contributed by atoms with Crippen LogP contribution in [0.1, 0.15) is 103 Å². The van der Waals surface area contributed by atoms with Crippen molar-refractivity contribution in [3.63, 3.8) is 0 Å². The molecule has 1 atom stereocenters. The molecule has 1 aliphatic rings. The Labute approximate surface area is 180 Å². The van der Waals surface area contributed by atoms with Crippen molar-refractivity contribution in [1.82, 2.24) is 0 Å². The molecule has 2 rings (SSSR count). The van der Waals surface area contributed by atoms with Gasteiger partial charge in [0.2, 0.25) is 0 Å². The predicted octanol–water partition coefficient (Wildman–Crippen LogP) is 8.04. The SMILES string of the molecule is CCCC/C=C/CCCCCCCCCCCc1ccccc1OCC1(C)CO1. The Morgan fingerprint density at radius 3 is 2.10 bits per heavy atom. The largest absolute Gasteiger partial charge is 0.490 e. The quantitative estimate of drug-likeness (QED) is 0.141. The minimum atomic E-state index is -0.0432. The van der Waals surface area contributed by atoms with Gasteiger partial charge in [0.25, 0.3) is 0 Å². The Bertz CT molecular complexity index is 559. The molecule has 1 aromatic carbocycles. The van der Waals surface area contributed by atoms with Crippen LogP contribution >= 0.6 is 0 Å². The van der Waals surface area contributed by atoms with E-state index in [4.69, 9.17) is 9.47 Å². The average molecular weight is 401 g/mol. The second kappa shape index (κ2) is 14.7. The van der Waals surface area contributed by atoms with Gasteiger partial charge in [-0.25, -0.2) is 0 Å². The number of allylic oxidation sites excluding steroid dienone is 2. The molecule has 2 nitrogen and oxygen atoms in total. The number of rotatable bonds is 18. The first kappa shape index (κ1) is 24.0. The first-order valence-corrected chi connectivity index (χ1v) is 12.2. The molecule has 0 aromatic heterocycles. The van der Waals surface area contributed by atoms with Crippen molar-refractivity contribution in [2.45, 2.75) is 109 Å². The summed E-state index contributed by atoms with van der Waals surface area (Å²) in [5.74, 6) is 1.05. The van der Waals surface area contributed by atoms with E-state index in [9.17, 15) is 0 Å². The minimum Gasteiger partial charge on any atom is -0.490 e. The molecule has 1 fully saturated rings. The zero-order valence-corrected chi connectivity index (χ0v) is 19.1. The van der Waals surface area contributed by atoms with Crippen molar-refractivity contribution in [2.24, 2.45) is 0 Å². The van der Waals surface area contributed by atoms with Gasteiger partial charge in [0.15, 0.2) is 0 Å². The fraction of sp³-hybridized carbons (Fsp3) is 0.704. The van der Waals surface area contributed by atoms with Crippen molar-refractivity contribution in [1.29, 1.82) is 0 Å². The van der Waals surface area contributed by atoms with Crippen LogP contribution in [0, 0.1) is 0 Å². The highest BCUT2D eigenvalue weighted by atomic mass is 16.6. The Balaban J connectivity index is 1.41. The molecule has 0 bridgehead atoms. The maximum absolute atomic E-state index is 6.01. The number of epoxide rings is 1. The minimum absolute atomic E-state index is 0.0432. The van der Waals surface area contributed by atoms with Crippen LogP contribution < -0.4 is 4.74 Å². The smallest absolute Gasteiger partial charge is 0.123 e. The number of aryl methyl sites for hydroxylation is 1. The Kier molecular flexibility index (Phi) is 12.1. The lowest BCUT2D eigenvalue weighted by Gasteiger charge is -2.13. The van der Waals surface area contributed by atoms with Crippen molar-refractivity contribution in [3.8, 4) is 5.75 Å². The molecule has 0 saturated carbocycles. The molecular formula is C27H44O2. The van der Waals surface area contributed by atoms with Gasteiger partial charge in [-0.3, -0.25) is 0 Å². The lowest BCUT2D eigenvalue weighted by molar-refractivity contribution is 0.201. The van der Waals surface area contributed by atoms with E-state index in [1.165, 1.54) is 89.0 Å². The molecule has 0 aliphatic carbocycles. The summed E-state index contributed by atoms with van der Waals surface area (Å²) in [4.78, 5) is 0. The van der Waals surface area contributed by atoms with Gasteiger partial charge in [-0.05, 0) is 50.7 Å². The second-order valence-corrected chi connectivity index (χ2v) is 8.97. The zero-order valence-electron chi connectivity index (χ0n) is 19.1. The van der Waals surface area contributed by atoms with Crippen LogP contribution in [0.5, 0.6) is 5.75 Å². The molecule has 1 unspecified atom stereocenters. The van der Waals surface area contributed by atoms with Crippen LogP contribution in [0.25, 0.3) is 0 Å². The Morgan fingerprint density at radius 1 is 0.862 bits per heavy atom. The van der Waals surface area contributed by atoms with Crippen LogP contribution in [0.3, 0.4) is 0 Å². The van der Waals surface area contributed by atoms with Crippen molar-refractivity contribution >= 4 is 0 Å². The molecular weight excluding hydrogens is 356 g/mol. The molecule has 164 valence electrons. The van der Waals surface area contributed by atoms with Crippen LogP contribution in [-0.2, 0) is 11.2 Å². The third kappa shape index (κ3) is 11.5. The van der Waals surface area contributed by atoms with Gasteiger partial charge in [0, 0.05) is 0 Å². The Morgan fingerprint density at radius 2 is 1.45 bits per heavy atom. The number of hydrogen-bond acceptors (Lipinski definition) is 2. The summed E-state index contributed by atoms with van der Waals surface area (Å²) in [6, 6.07) is 8.50. The van der Waals surface area contributed by atoms with E-state index in [-0.39, 0.29) is 5.60 Å². The van der Waals surface area contributed by atoms with Gasteiger partial charge < -0.3 is 9.47 Å². The molecule has 1 aliphatic heterocycles. The highest BCUT2D eigenvalue weighted by molar-refractivity contribution is 5.33. The molecule has 0 spiro atoms. The highest BCUT2D eigenvalue weighted by Gasteiger charge is 2.40. The maximum Gasteiger partial charge on any atom is 0.123 e. The summed E-state index contributed by atoms with van der Waals surface area (Å²) >= 11 is 0. The predicted molar refractivity (Wildman–Crippen MR) is 125 cm³/mol. The van der Waals surface area contributed by atoms with E-state index >= 15 is 0 Å². The van der Waals surface area contributed by atoms with E-state index in [2.05, 4.69) is 50.3 Å². The van der Waals surface area contributed by atoms with Crippen LogP contribution in [-0.4, -0.2) is 18.8 Å². The number of para-hydroxylation sites is 1. The number of unbranched alkanes of at least 4 members (excludes halogenated alkanes) is 11. The summed E-state index contributed by atoms with van der Waals surface area (Å²) in [6.45, 7) is 5.86. The van der Waals surface area contributed by atoms with E-state index in [0.717, 1.165) is 18.8 Å². The summed E-state index contributed by atoms with van der Waals surface area (Å²) in [6.07, 6.45) is 23.4. The fourth-order valence-corrected chi connectivity index (χ4v) is 3.66. The average Bonchev–Trinajstić information content (AvgIpc) is 3.47. The van der Waals surface area contributed by atoms with Gasteiger partial charge >= 0.3 is 0 Å². The van der Waals surface area contributed by atoms with Crippen molar-refractivity contribution < 1.29 is 9.47 Å². The lowest BCUT2D eigenvalue weighted by atomic mass is 10.0. The maximum atomic E-state index is 6.01. The molecule has 1 saturated heterocycles. The van der Waals surface area contributed by atoms with Crippen LogP contribution in [0.2, 0.25) is 0 Å². The Hall–Kier alpha value is -1.28. The second-order valence-electron chi connectivity index (χ2n) is 8.97. The summed E-state index contributed by atoms with van der Waals surface area (Å²) in [5.41, 5.74) is 1.30. The first-order chi connectivity index (χ1) is 14.2. The van der Waals surface area contributed by atoms with Gasteiger partial charge in [0.1, 0.15) is 18.0 Å². The van der Waals surface area contributed by atoms with Crippen molar-refractivity contribution in [2.75, 3.05) is 13.2 Å². The monoisotopic (exact) mass is 400 g/mol. The topological polar surface area (TPSA) is 21.8 Å². The summed E-state index contributed by atoms with van der Waals surface area (Å²) in [5, 5.41) is 0. The number of hydrogen-bond donors (Lipinski definition) is 0. The summed E-state index contributed by atoms with van der Waals surface area (Å²) < 4.78 is 11.4. The molecule has 0 amide bonds. The number of ether oxygens (including phenoxy) is 2. The third-order valence-electron chi connectivity index (χ3n) is 5.85. The number of benzene rings is 1. The first-order valence-electron chi connectivity index (χ1n) is 12.2. The van der Waals surface area contributed by atoms with Gasteiger partial charge in [-0.2, -0.15) is 0 Å². The van der Waals surface area contributed by atoms with E-state index in [0.29, 0.717) is 6.61 Å². The van der Waals surface area contributed by atoms with Crippen LogP contribution in [0.4, 0.5) is 0 Å². The van der Waals surface area contributed by atoms with E-state index in [1.807, 2.05) is 0 Å².